The first-order valence-electron chi connectivity index (χ1n) is 4.94. The van der Waals surface area contributed by atoms with Crippen molar-refractivity contribution in [3.8, 4) is 0 Å². The third-order valence-corrected chi connectivity index (χ3v) is 5.24. The molecule has 0 aromatic heterocycles. The zero-order valence-corrected chi connectivity index (χ0v) is 9.18. The summed E-state index contributed by atoms with van der Waals surface area (Å²) in [5, 5.41) is -0.291. The molecule has 1 fully saturated rings. The van der Waals surface area contributed by atoms with Gasteiger partial charge < -0.3 is 5.73 Å². The lowest BCUT2D eigenvalue weighted by Crippen LogP contribution is -2.45. The molecule has 13 heavy (non-hydrogen) atoms. The van der Waals surface area contributed by atoms with E-state index in [0.717, 1.165) is 19.3 Å². The maximum absolute atomic E-state index is 11.6. The summed E-state index contributed by atoms with van der Waals surface area (Å²) in [6, 6.07) is -0.138. The topological polar surface area (TPSA) is 60.2 Å². The molecule has 78 valence electrons. The molecular weight excluding hydrogens is 186 g/mol. The van der Waals surface area contributed by atoms with Gasteiger partial charge in [0, 0.05) is 11.8 Å². The molecule has 1 aliphatic rings. The van der Waals surface area contributed by atoms with Crippen molar-refractivity contribution in [3.05, 3.63) is 0 Å². The average Bonchev–Trinajstić information content (AvgIpc) is 2.09. The Hall–Kier alpha value is -0.0900. The molecule has 0 saturated heterocycles. The first-order valence-corrected chi connectivity index (χ1v) is 6.66. The van der Waals surface area contributed by atoms with Gasteiger partial charge in [-0.25, -0.2) is 8.42 Å². The van der Waals surface area contributed by atoms with Crippen LogP contribution in [0.5, 0.6) is 0 Å². The molecule has 3 atom stereocenters. The van der Waals surface area contributed by atoms with Gasteiger partial charge in [-0.15, -0.1) is 0 Å². The van der Waals surface area contributed by atoms with Crippen LogP contribution in [0.15, 0.2) is 0 Å². The minimum atomic E-state index is -2.93. The second-order valence-corrected chi connectivity index (χ2v) is 6.58. The van der Waals surface area contributed by atoms with E-state index in [9.17, 15) is 8.42 Å². The van der Waals surface area contributed by atoms with Gasteiger partial charge in [-0.1, -0.05) is 13.8 Å². The van der Waals surface area contributed by atoms with Gasteiger partial charge in [0.1, 0.15) is 0 Å². The highest BCUT2D eigenvalue weighted by molar-refractivity contribution is 7.92. The minimum absolute atomic E-state index is 0.138. The summed E-state index contributed by atoms with van der Waals surface area (Å²) in [4.78, 5) is 0. The fourth-order valence-electron chi connectivity index (χ4n) is 1.98. The van der Waals surface area contributed by atoms with Gasteiger partial charge in [0.25, 0.3) is 0 Å². The summed E-state index contributed by atoms with van der Waals surface area (Å²) in [5.74, 6) is 0.726. The molecule has 1 rings (SSSR count). The molecule has 0 heterocycles. The maximum atomic E-state index is 11.6. The lowest BCUT2D eigenvalue weighted by atomic mass is 9.87. The molecule has 0 bridgehead atoms. The Morgan fingerprint density at radius 3 is 2.54 bits per heavy atom. The fourth-order valence-corrected chi connectivity index (χ4v) is 3.70. The second kappa shape index (κ2) is 3.96. The van der Waals surface area contributed by atoms with Crippen LogP contribution in [0.25, 0.3) is 0 Å². The Balaban J connectivity index is 2.77. The quantitative estimate of drug-likeness (QED) is 0.729. The SMILES string of the molecule is CCS(=O)(=O)C1CC(C)CCC1N. The van der Waals surface area contributed by atoms with Gasteiger partial charge in [0.15, 0.2) is 9.84 Å². The molecule has 1 aliphatic carbocycles. The predicted octanol–water partition coefficient (Wildman–Crippen LogP) is 0.937. The summed E-state index contributed by atoms with van der Waals surface area (Å²) >= 11 is 0. The maximum Gasteiger partial charge on any atom is 0.154 e. The van der Waals surface area contributed by atoms with Crippen LogP contribution in [0.1, 0.15) is 33.1 Å². The van der Waals surface area contributed by atoms with Crippen LogP contribution in [0.2, 0.25) is 0 Å². The van der Waals surface area contributed by atoms with Crippen molar-refractivity contribution in [2.24, 2.45) is 11.7 Å². The highest BCUT2D eigenvalue weighted by atomic mass is 32.2. The van der Waals surface area contributed by atoms with Gasteiger partial charge in [0.05, 0.1) is 5.25 Å². The predicted molar refractivity (Wildman–Crippen MR) is 54.2 cm³/mol. The smallest absolute Gasteiger partial charge is 0.154 e. The molecule has 0 spiro atoms. The number of hydrogen-bond acceptors (Lipinski definition) is 3. The Labute approximate surface area is 80.6 Å². The van der Waals surface area contributed by atoms with Crippen LogP contribution >= 0.6 is 0 Å². The second-order valence-electron chi connectivity index (χ2n) is 4.07. The van der Waals surface area contributed by atoms with Gasteiger partial charge in [-0.05, 0) is 25.2 Å². The zero-order valence-electron chi connectivity index (χ0n) is 8.36. The summed E-state index contributed by atoms with van der Waals surface area (Å²) in [7, 11) is -2.93. The van der Waals surface area contributed by atoms with Gasteiger partial charge in [-0.3, -0.25) is 0 Å². The van der Waals surface area contributed by atoms with Crippen molar-refractivity contribution < 1.29 is 8.42 Å². The normalized spacial score (nSPS) is 36.1. The molecule has 0 aliphatic heterocycles. The summed E-state index contributed by atoms with van der Waals surface area (Å²) in [6.07, 6.45) is 2.67. The van der Waals surface area contributed by atoms with Gasteiger partial charge in [-0.2, -0.15) is 0 Å². The highest BCUT2D eigenvalue weighted by Crippen LogP contribution is 2.27. The van der Waals surface area contributed by atoms with E-state index in [1.807, 2.05) is 0 Å². The first-order chi connectivity index (χ1) is 5.97. The van der Waals surface area contributed by atoms with Crippen LogP contribution in [0.3, 0.4) is 0 Å². The Morgan fingerprint density at radius 2 is 2.00 bits per heavy atom. The molecule has 0 amide bonds. The van der Waals surface area contributed by atoms with E-state index in [-0.39, 0.29) is 17.0 Å². The summed E-state index contributed by atoms with van der Waals surface area (Å²) < 4.78 is 23.3. The standard InChI is InChI=1S/C9H19NO2S/c1-3-13(11,12)9-6-7(2)4-5-8(9)10/h7-9H,3-6,10H2,1-2H3. The molecule has 4 heteroatoms. The van der Waals surface area contributed by atoms with Crippen LogP contribution in [0, 0.1) is 5.92 Å². The van der Waals surface area contributed by atoms with Crippen molar-refractivity contribution in [2.45, 2.75) is 44.4 Å². The first kappa shape index (κ1) is 11.0. The Morgan fingerprint density at radius 1 is 1.38 bits per heavy atom. The molecule has 0 aromatic carbocycles. The fraction of sp³-hybridized carbons (Fsp3) is 1.00. The van der Waals surface area contributed by atoms with Crippen LogP contribution < -0.4 is 5.73 Å². The van der Waals surface area contributed by atoms with Crippen molar-refractivity contribution in [2.75, 3.05) is 5.75 Å². The van der Waals surface area contributed by atoms with E-state index in [2.05, 4.69) is 6.92 Å². The number of sulfone groups is 1. The molecule has 3 unspecified atom stereocenters. The van der Waals surface area contributed by atoms with E-state index < -0.39 is 9.84 Å². The third-order valence-electron chi connectivity index (χ3n) is 2.97. The summed E-state index contributed by atoms with van der Waals surface area (Å²) in [6.45, 7) is 3.80. The van der Waals surface area contributed by atoms with Crippen LogP contribution in [0.4, 0.5) is 0 Å². The molecule has 1 saturated carbocycles. The lowest BCUT2D eigenvalue weighted by Gasteiger charge is -2.31. The van der Waals surface area contributed by atoms with Crippen molar-refractivity contribution >= 4 is 9.84 Å². The van der Waals surface area contributed by atoms with Crippen molar-refractivity contribution in [1.82, 2.24) is 0 Å². The molecule has 3 nitrogen and oxygen atoms in total. The zero-order chi connectivity index (χ0) is 10.1. The van der Waals surface area contributed by atoms with Crippen molar-refractivity contribution in [1.29, 1.82) is 0 Å². The molecule has 0 radical (unpaired) electrons. The Bertz CT molecular complexity index is 261. The number of rotatable bonds is 2. The Kier molecular flexibility index (Phi) is 3.35. The molecule has 2 N–H and O–H groups in total. The van der Waals surface area contributed by atoms with Crippen molar-refractivity contribution in [3.63, 3.8) is 0 Å². The monoisotopic (exact) mass is 205 g/mol. The third kappa shape index (κ3) is 2.44. The van der Waals surface area contributed by atoms with E-state index in [1.54, 1.807) is 6.92 Å². The number of hydrogen-bond donors (Lipinski definition) is 1. The minimum Gasteiger partial charge on any atom is -0.327 e. The van der Waals surface area contributed by atoms with E-state index in [1.165, 1.54) is 0 Å². The largest absolute Gasteiger partial charge is 0.327 e. The molecule has 0 aromatic rings. The average molecular weight is 205 g/mol. The summed E-state index contributed by atoms with van der Waals surface area (Å²) in [5.41, 5.74) is 5.82. The molecular formula is C9H19NO2S. The van der Waals surface area contributed by atoms with E-state index in [0.29, 0.717) is 5.92 Å². The highest BCUT2D eigenvalue weighted by Gasteiger charge is 2.34. The van der Waals surface area contributed by atoms with E-state index in [4.69, 9.17) is 5.73 Å². The van der Waals surface area contributed by atoms with E-state index >= 15 is 0 Å². The van der Waals surface area contributed by atoms with Gasteiger partial charge in [0.2, 0.25) is 0 Å². The van der Waals surface area contributed by atoms with Gasteiger partial charge >= 0.3 is 0 Å². The number of nitrogens with two attached hydrogens (primary N) is 1. The lowest BCUT2D eigenvalue weighted by molar-refractivity contribution is 0.347. The van der Waals surface area contributed by atoms with Crippen LogP contribution in [-0.2, 0) is 9.84 Å². The van der Waals surface area contributed by atoms with Crippen LogP contribution in [-0.4, -0.2) is 25.5 Å².